The largest absolute Gasteiger partial charge is 0.497 e. The average molecular weight is 386 g/mol. The second-order valence-electron chi connectivity index (χ2n) is 5.43. The van der Waals surface area contributed by atoms with E-state index in [1.165, 1.54) is 18.4 Å². The van der Waals surface area contributed by atoms with Gasteiger partial charge in [-0.05, 0) is 49.4 Å². The summed E-state index contributed by atoms with van der Waals surface area (Å²) in [6.45, 7) is 2.09. The Bertz CT molecular complexity index is 952. The third-order valence-electron chi connectivity index (χ3n) is 3.58. The van der Waals surface area contributed by atoms with Crippen LogP contribution in [-0.2, 0) is 9.53 Å². The normalized spacial score (nSPS) is 10.4. The number of fused-ring (bicyclic) bond motifs is 1. The van der Waals surface area contributed by atoms with E-state index in [4.69, 9.17) is 14.2 Å². The number of rotatable bonds is 7. The molecule has 0 aliphatic carbocycles. The number of carbonyl (C=O) groups excluding carboxylic acids is 2. The van der Waals surface area contributed by atoms with Gasteiger partial charge in [-0.1, -0.05) is 11.3 Å². The quantitative estimate of drug-likeness (QED) is 0.626. The second-order valence-corrected chi connectivity index (χ2v) is 6.47. The highest BCUT2D eigenvalue weighted by Crippen LogP contribution is 2.29. The molecule has 0 radical (unpaired) electrons. The van der Waals surface area contributed by atoms with Crippen LogP contribution in [0.25, 0.3) is 10.2 Å². The highest BCUT2D eigenvalue weighted by molar-refractivity contribution is 7.22. The topological polar surface area (TPSA) is 86.8 Å². The SMILES string of the molecule is CCOc1ccc2nc(NC(=O)COC(=O)c3ccc(OC)cc3)sc2c1. The van der Waals surface area contributed by atoms with E-state index < -0.39 is 18.5 Å². The van der Waals surface area contributed by atoms with Crippen molar-refractivity contribution in [3.63, 3.8) is 0 Å². The van der Waals surface area contributed by atoms with Crippen LogP contribution in [0.15, 0.2) is 42.5 Å². The lowest BCUT2D eigenvalue weighted by Gasteiger charge is -2.05. The second kappa shape index (κ2) is 8.50. The van der Waals surface area contributed by atoms with Crippen LogP contribution >= 0.6 is 11.3 Å². The van der Waals surface area contributed by atoms with E-state index in [1.54, 1.807) is 24.3 Å². The van der Waals surface area contributed by atoms with Gasteiger partial charge in [0, 0.05) is 0 Å². The lowest BCUT2D eigenvalue weighted by atomic mass is 10.2. The van der Waals surface area contributed by atoms with E-state index in [1.807, 2.05) is 25.1 Å². The molecule has 0 bridgehead atoms. The van der Waals surface area contributed by atoms with Gasteiger partial charge in [-0.3, -0.25) is 10.1 Å². The number of amides is 1. The van der Waals surface area contributed by atoms with Crippen LogP contribution < -0.4 is 14.8 Å². The zero-order valence-corrected chi connectivity index (χ0v) is 15.7. The predicted octanol–water partition coefficient (Wildman–Crippen LogP) is 3.50. The van der Waals surface area contributed by atoms with Gasteiger partial charge < -0.3 is 14.2 Å². The molecular weight excluding hydrogens is 368 g/mol. The summed E-state index contributed by atoms with van der Waals surface area (Å²) in [6.07, 6.45) is 0. The zero-order chi connectivity index (χ0) is 19.2. The van der Waals surface area contributed by atoms with E-state index in [2.05, 4.69) is 10.3 Å². The summed E-state index contributed by atoms with van der Waals surface area (Å²) in [5, 5.41) is 3.07. The van der Waals surface area contributed by atoms with Crippen molar-refractivity contribution in [2.45, 2.75) is 6.92 Å². The molecule has 1 aromatic heterocycles. The molecule has 27 heavy (non-hydrogen) atoms. The first-order valence-corrected chi connectivity index (χ1v) is 9.05. The van der Waals surface area contributed by atoms with Gasteiger partial charge in [-0.15, -0.1) is 0 Å². The van der Waals surface area contributed by atoms with Crippen LogP contribution in [0.5, 0.6) is 11.5 Å². The van der Waals surface area contributed by atoms with Crippen LogP contribution in [-0.4, -0.2) is 37.2 Å². The van der Waals surface area contributed by atoms with Crippen molar-refractivity contribution in [3.05, 3.63) is 48.0 Å². The number of anilines is 1. The molecule has 0 aliphatic rings. The molecule has 0 saturated carbocycles. The molecule has 0 aliphatic heterocycles. The maximum Gasteiger partial charge on any atom is 0.338 e. The lowest BCUT2D eigenvalue weighted by Crippen LogP contribution is -2.20. The van der Waals surface area contributed by atoms with Crippen LogP contribution in [0.4, 0.5) is 5.13 Å². The summed E-state index contributed by atoms with van der Waals surface area (Å²) in [5.74, 6) is 0.340. The minimum Gasteiger partial charge on any atom is -0.497 e. The Hall–Kier alpha value is -3.13. The predicted molar refractivity (Wildman–Crippen MR) is 103 cm³/mol. The lowest BCUT2D eigenvalue weighted by molar-refractivity contribution is -0.119. The first-order valence-electron chi connectivity index (χ1n) is 8.23. The molecule has 1 N–H and O–H groups in total. The minimum atomic E-state index is -0.585. The number of carbonyl (C=O) groups is 2. The summed E-state index contributed by atoms with van der Waals surface area (Å²) in [5.41, 5.74) is 1.10. The van der Waals surface area contributed by atoms with Crippen LogP contribution in [0, 0.1) is 0 Å². The van der Waals surface area contributed by atoms with Crippen molar-refractivity contribution < 1.29 is 23.8 Å². The molecule has 1 amide bonds. The highest BCUT2D eigenvalue weighted by Gasteiger charge is 2.13. The first kappa shape index (κ1) is 18.7. The molecule has 0 saturated heterocycles. The van der Waals surface area contributed by atoms with E-state index in [-0.39, 0.29) is 0 Å². The molecule has 0 unspecified atom stereocenters. The number of ether oxygens (including phenoxy) is 3. The van der Waals surface area contributed by atoms with E-state index in [9.17, 15) is 9.59 Å². The van der Waals surface area contributed by atoms with Crippen molar-refractivity contribution in [2.24, 2.45) is 0 Å². The molecule has 1 heterocycles. The van der Waals surface area contributed by atoms with Gasteiger partial charge in [0.25, 0.3) is 5.91 Å². The number of nitrogens with one attached hydrogen (secondary N) is 1. The summed E-state index contributed by atoms with van der Waals surface area (Å²) in [7, 11) is 1.54. The van der Waals surface area contributed by atoms with Crippen LogP contribution in [0.3, 0.4) is 0 Å². The summed E-state index contributed by atoms with van der Waals surface area (Å²) >= 11 is 1.32. The molecule has 140 valence electrons. The molecule has 0 fully saturated rings. The van der Waals surface area contributed by atoms with Crippen LogP contribution in [0.2, 0.25) is 0 Å². The molecule has 3 rings (SSSR count). The van der Waals surface area contributed by atoms with E-state index in [0.29, 0.717) is 23.1 Å². The number of hydrogen-bond donors (Lipinski definition) is 1. The number of thiazole rings is 1. The van der Waals surface area contributed by atoms with Crippen molar-refractivity contribution in [1.29, 1.82) is 0 Å². The standard InChI is InChI=1S/C19H18N2O5S/c1-3-25-14-8-9-15-16(10-14)27-19(20-15)21-17(22)11-26-18(23)12-4-6-13(24-2)7-5-12/h4-10H,3,11H2,1-2H3,(H,20,21,22). The number of benzene rings is 2. The fourth-order valence-corrected chi connectivity index (χ4v) is 3.22. The molecular formula is C19H18N2O5S. The van der Waals surface area contributed by atoms with Crippen molar-refractivity contribution >= 4 is 38.6 Å². The zero-order valence-electron chi connectivity index (χ0n) is 14.9. The van der Waals surface area contributed by atoms with Gasteiger partial charge in [0.05, 0.1) is 29.5 Å². The van der Waals surface area contributed by atoms with Gasteiger partial charge in [0.1, 0.15) is 11.5 Å². The number of methoxy groups -OCH3 is 1. The molecule has 3 aromatic rings. The third kappa shape index (κ3) is 4.73. The Morgan fingerprint density at radius 1 is 1.11 bits per heavy atom. The molecule has 0 atom stereocenters. The van der Waals surface area contributed by atoms with Gasteiger partial charge in [-0.25, -0.2) is 9.78 Å². The Balaban J connectivity index is 1.56. The van der Waals surface area contributed by atoms with E-state index in [0.717, 1.165) is 16.0 Å². The summed E-state index contributed by atoms with van der Waals surface area (Å²) in [4.78, 5) is 28.3. The van der Waals surface area contributed by atoms with Gasteiger partial charge in [0.2, 0.25) is 0 Å². The summed E-state index contributed by atoms with van der Waals surface area (Å²) in [6, 6.07) is 12.0. The Kier molecular flexibility index (Phi) is 5.87. The first-order chi connectivity index (χ1) is 13.1. The van der Waals surface area contributed by atoms with Crippen LogP contribution in [0.1, 0.15) is 17.3 Å². The Morgan fingerprint density at radius 3 is 2.56 bits per heavy atom. The van der Waals surface area contributed by atoms with Crippen molar-refractivity contribution in [1.82, 2.24) is 4.98 Å². The molecule has 2 aromatic carbocycles. The maximum atomic E-state index is 12.0. The number of esters is 1. The number of aromatic nitrogens is 1. The minimum absolute atomic E-state index is 0.340. The average Bonchev–Trinajstić information content (AvgIpc) is 3.08. The maximum absolute atomic E-state index is 12.0. The molecule has 8 heteroatoms. The fourth-order valence-electron chi connectivity index (χ4n) is 2.31. The van der Waals surface area contributed by atoms with E-state index >= 15 is 0 Å². The third-order valence-corrected chi connectivity index (χ3v) is 4.51. The van der Waals surface area contributed by atoms with Gasteiger partial charge in [0.15, 0.2) is 11.7 Å². The van der Waals surface area contributed by atoms with Gasteiger partial charge >= 0.3 is 5.97 Å². The van der Waals surface area contributed by atoms with Crippen molar-refractivity contribution in [3.8, 4) is 11.5 Å². The Morgan fingerprint density at radius 2 is 1.85 bits per heavy atom. The smallest absolute Gasteiger partial charge is 0.338 e. The highest BCUT2D eigenvalue weighted by atomic mass is 32.1. The van der Waals surface area contributed by atoms with Crippen molar-refractivity contribution in [2.75, 3.05) is 25.6 Å². The van der Waals surface area contributed by atoms with Gasteiger partial charge in [-0.2, -0.15) is 0 Å². The number of hydrogen-bond acceptors (Lipinski definition) is 7. The number of nitrogens with zero attached hydrogens (tertiary/aromatic N) is 1. The Labute approximate surface area is 159 Å². The molecule has 0 spiro atoms. The molecule has 7 nitrogen and oxygen atoms in total. The fraction of sp³-hybridized carbons (Fsp3) is 0.211. The monoisotopic (exact) mass is 386 g/mol. The summed E-state index contributed by atoms with van der Waals surface area (Å²) < 4.78 is 16.4.